The van der Waals surface area contributed by atoms with Gasteiger partial charge < -0.3 is 9.88 Å². The average molecular weight is 414 g/mol. The highest BCUT2D eigenvalue weighted by Gasteiger charge is 2.30. The van der Waals surface area contributed by atoms with E-state index in [2.05, 4.69) is 20.5 Å². The summed E-state index contributed by atoms with van der Waals surface area (Å²) in [6.07, 6.45) is 7.21. The van der Waals surface area contributed by atoms with Crippen LogP contribution in [0.15, 0.2) is 55.1 Å². The minimum atomic E-state index is -0.266. The molecule has 3 aromatic heterocycles. The van der Waals surface area contributed by atoms with Crippen LogP contribution < -0.4 is 5.32 Å². The van der Waals surface area contributed by atoms with Crippen LogP contribution in [0.3, 0.4) is 0 Å². The number of nitrogens with zero attached hydrogens (tertiary/aromatic N) is 5. The second kappa shape index (κ2) is 7.46. The Morgan fingerprint density at radius 2 is 1.90 bits per heavy atom. The minimum absolute atomic E-state index is 0.123. The van der Waals surface area contributed by atoms with E-state index in [0.717, 1.165) is 23.6 Å². The van der Waals surface area contributed by atoms with Crippen LogP contribution in [0, 0.1) is 5.92 Å². The molecule has 1 fully saturated rings. The average Bonchev–Trinajstić information content (AvgIpc) is 3.33. The van der Waals surface area contributed by atoms with Gasteiger partial charge in [0.1, 0.15) is 17.8 Å². The fourth-order valence-corrected chi connectivity index (χ4v) is 3.57. The van der Waals surface area contributed by atoms with Crippen LogP contribution in [-0.4, -0.2) is 36.1 Å². The molecular weight excluding hydrogens is 392 g/mol. The van der Waals surface area contributed by atoms with E-state index in [4.69, 9.17) is 0 Å². The predicted octanol–water partition coefficient (Wildman–Crippen LogP) is 4.18. The zero-order chi connectivity index (χ0) is 21.5. The van der Waals surface area contributed by atoms with Gasteiger partial charge in [-0.05, 0) is 56.3 Å². The number of aromatic nitrogens is 5. The van der Waals surface area contributed by atoms with Gasteiger partial charge in [0.15, 0.2) is 5.82 Å². The van der Waals surface area contributed by atoms with E-state index in [1.54, 1.807) is 35.3 Å². The van der Waals surface area contributed by atoms with E-state index in [-0.39, 0.29) is 23.8 Å². The fourth-order valence-electron chi connectivity index (χ4n) is 3.57. The molecule has 8 heteroatoms. The van der Waals surface area contributed by atoms with Gasteiger partial charge >= 0.3 is 0 Å². The van der Waals surface area contributed by atoms with Gasteiger partial charge in [0.05, 0.1) is 0 Å². The summed E-state index contributed by atoms with van der Waals surface area (Å²) in [6, 6.07) is 11.0. The molecule has 156 valence electrons. The second-order valence-corrected chi connectivity index (χ2v) is 8.14. The fraction of sp³-hybridized carbons (Fsp3) is 0.261. The monoisotopic (exact) mass is 414 g/mol. The van der Waals surface area contributed by atoms with Gasteiger partial charge in [-0.1, -0.05) is 12.1 Å². The maximum atomic E-state index is 12.8. The summed E-state index contributed by atoms with van der Waals surface area (Å²) < 4.78 is 3.56. The van der Waals surface area contributed by atoms with E-state index in [1.165, 1.54) is 0 Å². The highest BCUT2D eigenvalue weighted by molar-refractivity contribution is 6.06. The molecule has 0 spiro atoms. The Balaban J connectivity index is 1.38. The van der Waals surface area contributed by atoms with Crippen molar-refractivity contribution in [2.75, 3.05) is 5.32 Å². The van der Waals surface area contributed by atoms with Crippen LogP contribution in [0.4, 0.5) is 5.82 Å². The molecule has 5 rings (SSSR count). The molecule has 0 saturated heterocycles. The Bertz CT molecular complexity index is 1300. The lowest BCUT2D eigenvalue weighted by Gasteiger charge is -2.10. The maximum absolute atomic E-state index is 12.8. The number of amides is 1. The number of carbonyl (C=O) groups excluding carboxylic acids is 2. The summed E-state index contributed by atoms with van der Waals surface area (Å²) in [7, 11) is 0. The van der Waals surface area contributed by atoms with Crippen molar-refractivity contribution in [3.63, 3.8) is 0 Å². The molecule has 1 amide bonds. The number of hydrogen-bond donors (Lipinski definition) is 1. The summed E-state index contributed by atoms with van der Waals surface area (Å²) in [5.41, 5.74) is 1.14. The zero-order valence-electron chi connectivity index (χ0n) is 17.3. The number of pyridine rings is 1. The molecule has 8 nitrogen and oxygen atoms in total. The van der Waals surface area contributed by atoms with Crippen molar-refractivity contribution in [2.45, 2.75) is 32.7 Å². The van der Waals surface area contributed by atoms with E-state index >= 15 is 0 Å². The number of benzene rings is 1. The van der Waals surface area contributed by atoms with Crippen molar-refractivity contribution in [3.05, 3.63) is 60.7 Å². The third-order valence-corrected chi connectivity index (χ3v) is 5.44. The number of hydrogen-bond acceptors (Lipinski definition) is 5. The van der Waals surface area contributed by atoms with Crippen LogP contribution in [0.1, 0.15) is 47.9 Å². The predicted molar refractivity (Wildman–Crippen MR) is 117 cm³/mol. The molecule has 1 N–H and O–H groups in total. The molecule has 1 aliphatic rings. The number of rotatable bonds is 5. The second-order valence-electron chi connectivity index (χ2n) is 8.14. The molecule has 0 aliphatic heterocycles. The van der Waals surface area contributed by atoms with Crippen LogP contribution in [0.25, 0.3) is 22.3 Å². The minimum Gasteiger partial charge on any atom is -0.310 e. The van der Waals surface area contributed by atoms with Crippen LogP contribution in [0.5, 0.6) is 0 Å². The van der Waals surface area contributed by atoms with Gasteiger partial charge in [0.25, 0.3) is 5.91 Å². The summed E-state index contributed by atoms with van der Waals surface area (Å²) in [5.74, 6) is 1.08. The first-order chi connectivity index (χ1) is 15.0. The van der Waals surface area contributed by atoms with Gasteiger partial charge in [-0.3, -0.25) is 14.2 Å². The normalized spacial score (nSPS) is 13.6. The SMILES string of the molecule is CC(C)n1cnnc1-c1cccc(NC(=O)c2ccc3cn(C(=O)C4CC4)cc3c2)n1. The van der Waals surface area contributed by atoms with Crippen molar-refractivity contribution in [1.29, 1.82) is 0 Å². The molecule has 3 heterocycles. The Morgan fingerprint density at radius 1 is 1.10 bits per heavy atom. The smallest absolute Gasteiger partial charge is 0.256 e. The van der Waals surface area contributed by atoms with Crippen LogP contribution in [-0.2, 0) is 0 Å². The number of nitrogens with one attached hydrogen (secondary N) is 1. The van der Waals surface area contributed by atoms with Crippen molar-refractivity contribution in [1.82, 2.24) is 24.3 Å². The molecule has 1 aromatic carbocycles. The molecule has 0 bridgehead atoms. The van der Waals surface area contributed by atoms with Gasteiger partial charge in [-0.25, -0.2) is 4.98 Å². The lowest BCUT2D eigenvalue weighted by Crippen LogP contribution is -2.13. The summed E-state index contributed by atoms with van der Waals surface area (Å²) in [5, 5.41) is 12.8. The van der Waals surface area contributed by atoms with Crippen molar-refractivity contribution >= 4 is 28.4 Å². The van der Waals surface area contributed by atoms with E-state index < -0.39 is 0 Å². The van der Waals surface area contributed by atoms with Gasteiger partial charge in [0.2, 0.25) is 5.91 Å². The van der Waals surface area contributed by atoms with Crippen LogP contribution >= 0.6 is 0 Å². The van der Waals surface area contributed by atoms with E-state index in [9.17, 15) is 9.59 Å². The van der Waals surface area contributed by atoms with Crippen molar-refractivity contribution < 1.29 is 9.59 Å². The first-order valence-corrected chi connectivity index (χ1v) is 10.3. The van der Waals surface area contributed by atoms with E-state index in [1.807, 2.05) is 42.8 Å². The molecule has 1 saturated carbocycles. The van der Waals surface area contributed by atoms with E-state index in [0.29, 0.717) is 22.9 Å². The Hall–Kier alpha value is -3.81. The van der Waals surface area contributed by atoms with Crippen molar-refractivity contribution in [2.24, 2.45) is 5.92 Å². The Labute approximate surface area is 178 Å². The summed E-state index contributed by atoms with van der Waals surface area (Å²) in [4.78, 5) is 29.7. The zero-order valence-corrected chi connectivity index (χ0v) is 17.3. The highest BCUT2D eigenvalue weighted by Crippen LogP contribution is 2.31. The largest absolute Gasteiger partial charge is 0.310 e. The number of anilines is 1. The third-order valence-electron chi connectivity index (χ3n) is 5.44. The first-order valence-electron chi connectivity index (χ1n) is 10.3. The lowest BCUT2D eigenvalue weighted by molar-refractivity contribution is 0.0886. The highest BCUT2D eigenvalue weighted by atomic mass is 16.2. The molecule has 0 unspecified atom stereocenters. The van der Waals surface area contributed by atoms with Gasteiger partial charge in [0, 0.05) is 35.3 Å². The topological polar surface area (TPSA) is 94.7 Å². The number of carbonyl (C=O) groups is 2. The molecule has 1 aliphatic carbocycles. The van der Waals surface area contributed by atoms with Crippen molar-refractivity contribution in [3.8, 4) is 11.5 Å². The Kier molecular flexibility index (Phi) is 4.62. The summed E-state index contributed by atoms with van der Waals surface area (Å²) in [6.45, 7) is 4.08. The third kappa shape index (κ3) is 3.72. The molecule has 0 radical (unpaired) electrons. The molecule has 31 heavy (non-hydrogen) atoms. The van der Waals surface area contributed by atoms with Gasteiger partial charge in [-0.15, -0.1) is 10.2 Å². The molecular formula is C23H22N6O2. The quantitative estimate of drug-likeness (QED) is 0.529. The number of fused-ring (bicyclic) bond motifs is 1. The maximum Gasteiger partial charge on any atom is 0.256 e. The molecule has 4 aromatic rings. The molecule has 0 atom stereocenters. The standard InChI is InChI=1S/C23H22N6O2/c1-14(2)29-13-24-27-21(29)19-4-3-5-20(25-19)26-22(30)16-8-9-17-11-28(12-18(17)10-16)23(31)15-6-7-15/h3-5,8-15H,6-7H2,1-2H3,(H,25,26,30). The summed E-state index contributed by atoms with van der Waals surface area (Å²) >= 11 is 0. The van der Waals surface area contributed by atoms with Crippen LogP contribution in [0.2, 0.25) is 0 Å². The Morgan fingerprint density at radius 3 is 2.68 bits per heavy atom. The van der Waals surface area contributed by atoms with Gasteiger partial charge in [-0.2, -0.15) is 0 Å². The first kappa shape index (κ1) is 19.2. The lowest BCUT2D eigenvalue weighted by atomic mass is 10.1.